The number of nitrogens with zero attached hydrogens (tertiary/aromatic N) is 4. The zero-order chi connectivity index (χ0) is 23.5. The molecule has 170 valence electrons. The van der Waals surface area contributed by atoms with E-state index in [2.05, 4.69) is 75.1 Å². The molecule has 5 rings (SSSR count). The molecule has 0 aliphatic carbocycles. The van der Waals surface area contributed by atoms with Gasteiger partial charge in [0.1, 0.15) is 5.82 Å². The van der Waals surface area contributed by atoms with Crippen molar-refractivity contribution in [3.05, 3.63) is 111 Å². The lowest BCUT2D eigenvalue weighted by Crippen LogP contribution is -2.22. The molecule has 34 heavy (non-hydrogen) atoms. The summed E-state index contributed by atoms with van der Waals surface area (Å²) in [5.74, 6) is 0.686. The molecule has 6 heteroatoms. The van der Waals surface area contributed by atoms with E-state index in [1.165, 1.54) is 10.2 Å². The molecule has 0 spiro atoms. The summed E-state index contributed by atoms with van der Waals surface area (Å²) in [6.07, 6.45) is 6.55. The predicted octanol–water partition coefficient (Wildman–Crippen LogP) is 6.39. The van der Waals surface area contributed by atoms with Crippen molar-refractivity contribution < 1.29 is 0 Å². The maximum atomic E-state index is 13.4. The SMILES string of the molecule is CCCCc1nc2ccc(Br)cc2c(=O)n1N=Cc1cn(Cc2ccccc2)c2ccccc12. The quantitative estimate of drug-likeness (QED) is 0.237. The molecule has 0 aliphatic heterocycles. The Morgan fingerprint density at radius 2 is 1.79 bits per heavy atom. The van der Waals surface area contributed by atoms with E-state index in [9.17, 15) is 4.79 Å². The van der Waals surface area contributed by atoms with Crippen molar-refractivity contribution in [2.75, 3.05) is 0 Å². The van der Waals surface area contributed by atoms with E-state index >= 15 is 0 Å². The molecule has 2 heterocycles. The fraction of sp³-hybridized carbons (Fsp3) is 0.179. The largest absolute Gasteiger partial charge is 0.342 e. The smallest absolute Gasteiger partial charge is 0.282 e. The van der Waals surface area contributed by atoms with Gasteiger partial charge in [0.2, 0.25) is 0 Å². The summed E-state index contributed by atoms with van der Waals surface area (Å²) in [6, 6.07) is 24.3. The molecule has 2 aromatic heterocycles. The van der Waals surface area contributed by atoms with Crippen LogP contribution in [0.5, 0.6) is 0 Å². The maximum absolute atomic E-state index is 13.4. The Balaban J connectivity index is 1.60. The Morgan fingerprint density at radius 3 is 2.62 bits per heavy atom. The van der Waals surface area contributed by atoms with Gasteiger partial charge in [-0.05, 0) is 36.2 Å². The highest BCUT2D eigenvalue weighted by atomic mass is 79.9. The van der Waals surface area contributed by atoms with Gasteiger partial charge in [0.25, 0.3) is 5.56 Å². The number of aryl methyl sites for hydroxylation is 1. The lowest BCUT2D eigenvalue weighted by atomic mass is 10.2. The lowest BCUT2D eigenvalue weighted by molar-refractivity contribution is 0.675. The molecule has 5 nitrogen and oxygen atoms in total. The number of halogens is 1. The third-order valence-electron chi connectivity index (χ3n) is 5.96. The van der Waals surface area contributed by atoms with E-state index in [4.69, 9.17) is 4.98 Å². The molecule has 0 N–H and O–H groups in total. The van der Waals surface area contributed by atoms with Crippen molar-refractivity contribution >= 4 is 44.0 Å². The number of aromatic nitrogens is 3. The molecule has 0 bridgehead atoms. The first-order valence-corrected chi connectivity index (χ1v) is 12.3. The minimum atomic E-state index is -0.151. The number of fused-ring (bicyclic) bond motifs is 2. The first-order valence-electron chi connectivity index (χ1n) is 11.5. The third-order valence-corrected chi connectivity index (χ3v) is 6.45. The van der Waals surface area contributed by atoms with Gasteiger partial charge in [0.05, 0.1) is 17.1 Å². The van der Waals surface area contributed by atoms with Gasteiger partial charge >= 0.3 is 0 Å². The van der Waals surface area contributed by atoms with Crippen LogP contribution >= 0.6 is 15.9 Å². The average molecular weight is 513 g/mol. The van der Waals surface area contributed by atoms with Gasteiger partial charge in [-0.25, -0.2) is 4.98 Å². The summed E-state index contributed by atoms with van der Waals surface area (Å²) in [5.41, 5.74) is 3.88. The number of hydrogen-bond acceptors (Lipinski definition) is 3. The predicted molar refractivity (Wildman–Crippen MR) is 143 cm³/mol. The molecule has 0 aliphatic rings. The molecular formula is C28H25BrN4O. The molecule has 0 fully saturated rings. The van der Waals surface area contributed by atoms with Gasteiger partial charge < -0.3 is 4.57 Å². The van der Waals surface area contributed by atoms with Gasteiger partial charge in [0.15, 0.2) is 0 Å². The van der Waals surface area contributed by atoms with Crippen LogP contribution in [0.3, 0.4) is 0 Å². The van der Waals surface area contributed by atoms with Gasteiger partial charge in [-0.1, -0.05) is 77.8 Å². The summed E-state index contributed by atoms with van der Waals surface area (Å²) >= 11 is 3.47. The van der Waals surface area contributed by atoms with E-state index in [0.717, 1.165) is 40.3 Å². The van der Waals surface area contributed by atoms with E-state index in [1.807, 2.05) is 36.4 Å². The number of benzene rings is 3. The van der Waals surface area contributed by atoms with Crippen LogP contribution in [-0.4, -0.2) is 20.4 Å². The summed E-state index contributed by atoms with van der Waals surface area (Å²) in [4.78, 5) is 18.2. The Labute approximate surface area is 206 Å². The van der Waals surface area contributed by atoms with Crippen LogP contribution in [0.4, 0.5) is 0 Å². The Hall–Kier alpha value is -3.51. The molecule has 0 unspecified atom stereocenters. The highest BCUT2D eigenvalue weighted by molar-refractivity contribution is 9.10. The lowest BCUT2D eigenvalue weighted by Gasteiger charge is -2.09. The Morgan fingerprint density at radius 1 is 1.00 bits per heavy atom. The Kier molecular flexibility index (Phi) is 6.41. The number of rotatable bonds is 7. The van der Waals surface area contributed by atoms with Crippen LogP contribution in [0.2, 0.25) is 0 Å². The van der Waals surface area contributed by atoms with E-state index < -0.39 is 0 Å². The van der Waals surface area contributed by atoms with Gasteiger partial charge in [-0.2, -0.15) is 9.78 Å². The first-order chi connectivity index (χ1) is 16.6. The molecule has 0 radical (unpaired) electrons. The van der Waals surface area contributed by atoms with Crippen molar-refractivity contribution in [2.24, 2.45) is 5.10 Å². The zero-order valence-corrected chi connectivity index (χ0v) is 20.6. The number of para-hydroxylation sites is 1. The van der Waals surface area contributed by atoms with Crippen LogP contribution in [0.15, 0.2) is 93.4 Å². The van der Waals surface area contributed by atoms with Crippen molar-refractivity contribution in [1.82, 2.24) is 14.2 Å². The number of hydrogen-bond donors (Lipinski definition) is 0. The third kappa shape index (κ3) is 4.46. The van der Waals surface area contributed by atoms with Gasteiger partial charge in [0, 0.05) is 40.1 Å². The van der Waals surface area contributed by atoms with Crippen LogP contribution in [-0.2, 0) is 13.0 Å². The summed E-state index contributed by atoms with van der Waals surface area (Å²) in [7, 11) is 0. The average Bonchev–Trinajstić information content (AvgIpc) is 3.20. The second kappa shape index (κ2) is 9.77. The van der Waals surface area contributed by atoms with Gasteiger partial charge in [-0.15, -0.1) is 0 Å². The van der Waals surface area contributed by atoms with Crippen molar-refractivity contribution in [3.8, 4) is 0 Å². The van der Waals surface area contributed by atoms with Crippen molar-refractivity contribution in [1.29, 1.82) is 0 Å². The molecular weight excluding hydrogens is 488 g/mol. The number of unbranched alkanes of at least 4 members (excludes halogenated alkanes) is 1. The van der Waals surface area contributed by atoms with E-state index in [-0.39, 0.29) is 5.56 Å². The summed E-state index contributed by atoms with van der Waals surface area (Å²) in [6.45, 7) is 2.90. The van der Waals surface area contributed by atoms with Crippen LogP contribution in [0.25, 0.3) is 21.8 Å². The second-order valence-electron chi connectivity index (χ2n) is 8.37. The zero-order valence-electron chi connectivity index (χ0n) is 19.0. The molecule has 0 saturated carbocycles. The van der Waals surface area contributed by atoms with E-state index in [1.54, 1.807) is 6.21 Å². The van der Waals surface area contributed by atoms with Gasteiger partial charge in [-0.3, -0.25) is 4.79 Å². The first kappa shape index (κ1) is 22.3. The van der Waals surface area contributed by atoms with Crippen molar-refractivity contribution in [3.63, 3.8) is 0 Å². The summed E-state index contributed by atoms with van der Waals surface area (Å²) in [5, 5.41) is 6.32. The van der Waals surface area contributed by atoms with Crippen LogP contribution in [0.1, 0.15) is 36.7 Å². The maximum Gasteiger partial charge on any atom is 0.282 e. The normalized spacial score (nSPS) is 11.7. The molecule has 0 atom stereocenters. The monoisotopic (exact) mass is 512 g/mol. The fourth-order valence-electron chi connectivity index (χ4n) is 4.22. The fourth-order valence-corrected chi connectivity index (χ4v) is 4.58. The topological polar surface area (TPSA) is 52.2 Å². The van der Waals surface area contributed by atoms with Crippen LogP contribution in [0, 0.1) is 0 Å². The molecule has 3 aromatic carbocycles. The molecule has 0 saturated heterocycles. The Bertz CT molecular complexity index is 1550. The summed E-state index contributed by atoms with van der Waals surface area (Å²) < 4.78 is 4.54. The van der Waals surface area contributed by atoms with Crippen LogP contribution < -0.4 is 5.56 Å². The molecule has 0 amide bonds. The molecule has 5 aromatic rings. The van der Waals surface area contributed by atoms with Crippen molar-refractivity contribution in [2.45, 2.75) is 32.7 Å². The highest BCUT2D eigenvalue weighted by Gasteiger charge is 2.12. The minimum Gasteiger partial charge on any atom is -0.342 e. The second-order valence-corrected chi connectivity index (χ2v) is 9.29. The standard InChI is InChI=1S/C28H25BrN4O/c1-2-3-13-27-31-25-15-14-22(29)16-24(25)28(34)33(27)30-17-21-19-32(18-20-9-5-4-6-10-20)26-12-8-7-11-23(21)26/h4-12,14-17,19H,2-3,13,18H2,1H3. The minimum absolute atomic E-state index is 0.151. The van der Waals surface area contributed by atoms with E-state index in [0.29, 0.717) is 23.1 Å². The highest BCUT2D eigenvalue weighted by Crippen LogP contribution is 2.22.